The lowest BCUT2D eigenvalue weighted by Crippen LogP contribution is -2.16. The molecule has 5 heteroatoms. The van der Waals surface area contributed by atoms with Gasteiger partial charge >= 0.3 is 5.97 Å². The first kappa shape index (κ1) is 21.0. The highest BCUT2D eigenvalue weighted by molar-refractivity contribution is 5.67. The van der Waals surface area contributed by atoms with Gasteiger partial charge in [-0.15, -0.1) is 10.2 Å². The molecule has 1 fully saturated rings. The molecule has 5 nitrogen and oxygen atoms in total. The van der Waals surface area contributed by atoms with Gasteiger partial charge in [0.25, 0.3) is 0 Å². The van der Waals surface area contributed by atoms with E-state index < -0.39 is 5.97 Å². The summed E-state index contributed by atoms with van der Waals surface area (Å²) in [6.45, 7) is 2.09. The van der Waals surface area contributed by atoms with Crippen LogP contribution in [0.4, 0.5) is 11.5 Å². The smallest absolute Gasteiger partial charge is 0.303 e. The maximum absolute atomic E-state index is 10.9. The van der Waals surface area contributed by atoms with Crippen LogP contribution < -0.4 is 4.90 Å². The number of aryl methyl sites for hydroxylation is 1. The van der Waals surface area contributed by atoms with Crippen LogP contribution >= 0.6 is 0 Å². The zero-order valence-electron chi connectivity index (χ0n) is 18.2. The normalized spacial score (nSPS) is 18.5. The Hall–Kier alpha value is -3.21. The van der Waals surface area contributed by atoms with Crippen LogP contribution in [0, 0.1) is 12.8 Å². The van der Waals surface area contributed by atoms with E-state index >= 15 is 0 Å². The van der Waals surface area contributed by atoms with E-state index in [1.54, 1.807) is 0 Å². The fourth-order valence-electron chi connectivity index (χ4n) is 4.59. The van der Waals surface area contributed by atoms with Gasteiger partial charge in [0.15, 0.2) is 5.82 Å². The predicted molar refractivity (Wildman–Crippen MR) is 124 cm³/mol. The van der Waals surface area contributed by atoms with E-state index in [9.17, 15) is 4.79 Å². The van der Waals surface area contributed by atoms with Crippen molar-refractivity contribution >= 4 is 17.5 Å². The lowest BCUT2D eigenvalue weighted by molar-refractivity contribution is -0.138. The van der Waals surface area contributed by atoms with E-state index in [0.717, 1.165) is 48.4 Å². The first-order valence-electron chi connectivity index (χ1n) is 11.0. The molecule has 31 heavy (non-hydrogen) atoms. The zero-order chi connectivity index (χ0) is 21.8. The summed E-state index contributed by atoms with van der Waals surface area (Å²) in [7, 11) is 2.01. The number of anilines is 2. The van der Waals surface area contributed by atoms with Crippen LogP contribution in [0.1, 0.15) is 49.1 Å². The molecule has 0 bridgehead atoms. The summed E-state index contributed by atoms with van der Waals surface area (Å²) in [5, 5.41) is 17.9. The number of carbonyl (C=O) groups is 1. The third-order valence-corrected chi connectivity index (χ3v) is 6.46. The number of hydrogen-bond donors (Lipinski definition) is 1. The average Bonchev–Trinajstić information content (AvgIpc) is 2.79. The van der Waals surface area contributed by atoms with Crippen molar-refractivity contribution in [2.45, 2.75) is 44.9 Å². The SMILES string of the molecule is Cc1ccccc1N(C)c1ccc(-c2ccc(C3CCC(CC(=O)O)CC3)cc2)nn1. The summed E-state index contributed by atoms with van der Waals surface area (Å²) in [5.74, 6) is 0.993. The minimum absolute atomic E-state index is 0.305. The van der Waals surface area contributed by atoms with Crippen molar-refractivity contribution in [3.8, 4) is 11.3 Å². The average molecular weight is 416 g/mol. The van der Waals surface area contributed by atoms with E-state index in [4.69, 9.17) is 5.11 Å². The fraction of sp³-hybridized carbons (Fsp3) is 0.346. The van der Waals surface area contributed by atoms with Gasteiger partial charge < -0.3 is 10.0 Å². The number of carboxylic acid groups (broad SMARTS) is 1. The minimum atomic E-state index is -0.676. The van der Waals surface area contributed by atoms with Gasteiger partial charge in [-0.05, 0) is 73.8 Å². The highest BCUT2D eigenvalue weighted by atomic mass is 16.4. The molecule has 160 valence electrons. The van der Waals surface area contributed by atoms with Gasteiger partial charge in [-0.3, -0.25) is 4.79 Å². The number of para-hydroxylation sites is 1. The molecule has 0 aliphatic heterocycles. The molecule has 0 radical (unpaired) electrons. The van der Waals surface area contributed by atoms with Crippen LogP contribution in [0.2, 0.25) is 0 Å². The fourth-order valence-corrected chi connectivity index (χ4v) is 4.59. The van der Waals surface area contributed by atoms with Crippen molar-refractivity contribution in [1.29, 1.82) is 0 Å². The van der Waals surface area contributed by atoms with Crippen LogP contribution in [-0.2, 0) is 4.79 Å². The third-order valence-electron chi connectivity index (χ3n) is 6.46. The molecule has 2 aromatic carbocycles. The van der Waals surface area contributed by atoms with E-state index in [1.807, 2.05) is 31.3 Å². The number of carboxylic acids is 1. The van der Waals surface area contributed by atoms with Gasteiger partial charge in [0, 0.05) is 24.7 Å². The Morgan fingerprint density at radius 3 is 2.29 bits per heavy atom. The lowest BCUT2D eigenvalue weighted by Gasteiger charge is -2.28. The molecule has 0 spiro atoms. The monoisotopic (exact) mass is 415 g/mol. The maximum Gasteiger partial charge on any atom is 0.303 e. The predicted octanol–water partition coefficient (Wildman–Crippen LogP) is 5.97. The molecule has 1 heterocycles. The van der Waals surface area contributed by atoms with Crippen LogP contribution in [-0.4, -0.2) is 28.3 Å². The van der Waals surface area contributed by atoms with Gasteiger partial charge in [0.05, 0.1) is 5.69 Å². The highest BCUT2D eigenvalue weighted by Gasteiger charge is 2.24. The third kappa shape index (κ3) is 4.93. The molecule has 4 rings (SSSR count). The Morgan fingerprint density at radius 1 is 0.968 bits per heavy atom. The van der Waals surface area contributed by atoms with E-state index in [-0.39, 0.29) is 0 Å². The second kappa shape index (κ2) is 9.29. The largest absolute Gasteiger partial charge is 0.481 e. The standard InChI is InChI=1S/C26H29N3O2/c1-18-5-3-4-6-24(18)29(2)25-16-15-23(27-28-25)22-13-11-21(12-14-22)20-9-7-19(8-10-20)17-26(30)31/h3-6,11-16,19-20H,7-10,17H2,1-2H3,(H,30,31). The molecule has 1 saturated carbocycles. The number of benzene rings is 2. The van der Waals surface area contributed by atoms with Gasteiger partial charge in [0.1, 0.15) is 0 Å². The second-order valence-corrected chi connectivity index (χ2v) is 8.56. The Kier molecular flexibility index (Phi) is 6.31. The van der Waals surface area contributed by atoms with Crippen LogP contribution in [0.3, 0.4) is 0 Å². The van der Waals surface area contributed by atoms with Crippen LogP contribution in [0.25, 0.3) is 11.3 Å². The van der Waals surface area contributed by atoms with Crippen molar-refractivity contribution < 1.29 is 9.90 Å². The van der Waals surface area contributed by atoms with Crippen molar-refractivity contribution in [2.24, 2.45) is 5.92 Å². The molecule has 0 amide bonds. The number of hydrogen-bond acceptors (Lipinski definition) is 4. The summed E-state index contributed by atoms with van der Waals surface area (Å²) in [5.41, 5.74) is 5.57. The number of aliphatic carboxylic acids is 1. The maximum atomic E-state index is 10.9. The molecule has 0 saturated heterocycles. The molecule has 0 unspecified atom stereocenters. The summed E-state index contributed by atoms with van der Waals surface area (Å²) >= 11 is 0. The van der Waals surface area contributed by atoms with E-state index in [2.05, 4.69) is 58.4 Å². The Morgan fingerprint density at radius 2 is 1.68 bits per heavy atom. The van der Waals surface area contributed by atoms with Gasteiger partial charge in [0.2, 0.25) is 0 Å². The summed E-state index contributed by atoms with van der Waals surface area (Å²) in [6, 6.07) is 20.9. The van der Waals surface area contributed by atoms with Crippen molar-refractivity contribution in [3.05, 3.63) is 71.8 Å². The molecule has 1 aliphatic carbocycles. The molecule has 1 N–H and O–H groups in total. The molecule has 1 aromatic heterocycles. The first-order chi connectivity index (χ1) is 15.0. The van der Waals surface area contributed by atoms with Crippen LogP contribution in [0.15, 0.2) is 60.7 Å². The number of nitrogens with zero attached hydrogens (tertiary/aromatic N) is 3. The highest BCUT2D eigenvalue weighted by Crippen LogP contribution is 2.37. The Bertz CT molecular complexity index is 1020. The molecule has 1 aliphatic rings. The molecule has 3 aromatic rings. The van der Waals surface area contributed by atoms with Crippen molar-refractivity contribution in [3.63, 3.8) is 0 Å². The summed E-state index contributed by atoms with van der Waals surface area (Å²) in [6.07, 6.45) is 4.44. The summed E-state index contributed by atoms with van der Waals surface area (Å²) < 4.78 is 0. The summed E-state index contributed by atoms with van der Waals surface area (Å²) in [4.78, 5) is 13.0. The molecule has 0 atom stereocenters. The number of aromatic nitrogens is 2. The number of rotatable bonds is 6. The Balaban J connectivity index is 1.41. The van der Waals surface area contributed by atoms with E-state index in [0.29, 0.717) is 18.3 Å². The van der Waals surface area contributed by atoms with Crippen molar-refractivity contribution in [1.82, 2.24) is 10.2 Å². The van der Waals surface area contributed by atoms with Gasteiger partial charge in [-0.25, -0.2) is 0 Å². The van der Waals surface area contributed by atoms with Crippen molar-refractivity contribution in [2.75, 3.05) is 11.9 Å². The van der Waals surface area contributed by atoms with Gasteiger partial charge in [-0.2, -0.15) is 0 Å². The van der Waals surface area contributed by atoms with E-state index in [1.165, 1.54) is 11.1 Å². The first-order valence-corrected chi connectivity index (χ1v) is 11.0. The minimum Gasteiger partial charge on any atom is -0.481 e. The zero-order valence-corrected chi connectivity index (χ0v) is 18.2. The second-order valence-electron chi connectivity index (χ2n) is 8.56. The lowest BCUT2D eigenvalue weighted by atomic mass is 9.77. The van der Waals surface area contributed by atoms with Gasteiger partial charge in [-0.1, -0.05) is 42.5 Å². The quantitative estimate of drug-likeness (QED) is 0.537. The Labute approximate surface area is 183 Å². The molecular formula is C26H29N3O2. The van der Waals surface area contributed by atoms with Crippen LogP contribution in [0.5, 0.6) is 0 Å². The topological polar surface area (TPSA) is 66.3 Å². The molecular weight excluding hydrogens is 386 g/mol.